The minimum atomic E-state index is -0.309. The van der Waals surface area contributed by atoms with Crippen molar-refractivity contribution in [2.24, 2.45) is 0 Å². The molecule has 0 amide bonds. The second kappa shape index (κ2) is 8.73. The van der Waals surface area contributed by atoms with E-state index in [1.807, 2.05) is 55.5 Å². The predicted molar refractivity (Wildman–Crippen MR) is 111 cm³/mol. The van der Waals surface area contributed by atoms with Crippen LogP contribution in [0, 0.1) is 12.3 Å². The van der Waals surface area contributed by atoms with Crippen LogP contribution in [0.1, 0.15) is 18.1 Å². The van der Waals surface area contributed by atoms with Crippen molar-refractivity contribution < 1.29 is 14.9 Å². The van der Waals surface area contributed by atoms with Crippen LogP contribution in [-0.4, -0.2) is 33.1 Å². The van der Waals surface area contributed by atoms with Gasteiger partial charge in [0.15, 0.2) is 0 Å². The van der Waals surface area contributed by atoms with E-state index in [1.165, 1.54) is 0 Å². The Morgan fingerprint density at radius 3 is 2.68 bits per heavy atom. The number of nitrogens with one attached hydrogen (secondary N) is 3. The molecule has 3 rings (SSSR count). The van der Waals surface area contributed by atoms with Gasteiger partial charge in [-0.3, -0.25) is 5.41 Å². The Morgan fingerprint density at radius 1 is 1.25 bits per heavy atom. The van der Waals surface area contributed by atoms with E-state index >= 15 is 0 Å². The number of amidine groups is 1. The highest BCUT2D eigenvalue weighted by Gasteiger charge is 2.19. The maximum absolute atomic E-state index is 10.0. The number of aromatic hydroxyl groups is 1. The van der Waals surface area contributed by atoms with Gasteiger partial charge in [0.05, 0.1) is 6.61 Å². The number of aliphatic hydroxyl groups is 1. The first-order chi connectivity index (χ1) is 13.5. The van der Waals surface area contributed by atoms with Gasteiger partial charge in [-0.25, -0.2) is 0 Å². The van der Waals surface area contributed by atoms with Gasteiger partial charge >= 0.3 is 0 Å². The largest absolute Gasteiger partial charge is 0.492 e. The molecule has 7 nitrogen and oxygen atoms in total. The summed E-state index contributed by atoms with van der Waals surface area (Å²) in [4.78, 5) is 0. The number of rotatable bonds is 7. The van der Waals surface area contributed by atoms with Gasteiger partial charge in [0.1, 0.15) is 27.9 Å². The third-order valence-electron chi connectivity index (χ3n) is 3.99. The zero-order valence-electron chi connectivity index (χ0n) is 15.6. The summed E-state index contributed by atoms with van der Waals surface area (Å²) in [6.45, 7) is 3.57. The number of hydrogen-bond acceptors (Lipinski definition) is 7. The summed E-state index contributed by atoms with van der Waals surface area (Å²) in [5.41, 5.74) is 1.99. The highest BCUT2D eigenvalue weighted by Crippen LogP contribution is 2.34. The SMILES string of the molecule is Cc1cc(Nc2snc(O)c2C(=N)NC(C)CO)ccc1Oc1ccccc1. The fourth-order valence-electron chi connectivity index (χ4n) is 2.54. The van der Waals surface area contributed by atoms with Gasteiger partial charge in [0, 0.05) is 11.7 Å². The molecule has 0 spiro atoms. The van der Waals surface area contributed by atoms with E-state index < -0.39 is 0 Å². The number of anilines is 2. The molecule has 8 heteroatoms. The Balaban J connectivity index is 1.77. The van der Waals surface area contributed by atoms with Gasteiger partial charge in [-0.1, -0.05) is 18.2 Å². The first-order valence-electron chi connectivity index (χ1n) is 8.73. The van der Waals surface area contributed by atoms with E-state index in [4.69, 9.17) is 15.3 Å². The van der Waals surface area contributed by atoms with E-state index in [2.05, 4.69) is 15.0 Å². The van der Waals surface area contributed by atoms with Crippen molar-refractivity contribution in [1.82, 2.24) is 9.69 Å². The van der Waals surface area contributed by atoms with E-state index in [9.17, 15) is 5.11 Å². The molecule has 28 heavy (non-hydrogen) atoms. The lowest BCUT2D eigenvalue weighted by Crippen LogP contribution is -2.35. The van der Waals surface area contributed by atoms with Crippen LogP contribution in [0.3, 0.4) is 0 Å². The minimum absolute atomic E-state index is 0.00365. The van der Waals surface area contributed by atoms with Crippen molar-refractivity contribution >= 4 is 28.1 Å². The topological polar surface area (TPSA) is 110 Å². The Morgan fingerprint density at radius 2 is 2.00 bits per heavy atom. The Kier molecular flexibility index (Phi) is 6.13. The first kappa shape index (κ1) is 19.7. The van der Waals surface area contributed by atoms with E-state index in [1.54, 1.807) is 6.92 Å². The zero-order valence-corrected chi connectivity index (χ0v) is 16.4. The summed E-state index contributed by atoms with van der Waals surface area (Å²) in [5, 5.41) is 33.9. The summed E-state index contributed by atoms with van der Waals surface area (Å²) in [5.74, 6) is 1.28. The first-order valence-corrected chi connectivity index (χ1v) is 9.50. The average Bonchev–Trinajstić information content (AvgIpc) is 3.05. The number of benzene rings is 2. The maximum Gasteiger partial charge on any atom is 0.236 e. The molecule has 0 aliphatic heterocycles. The molecule has 1 aromatic heterocycles. The number of ether oxygens (including phenoxy) is 1. The van der Waals surface area contributed by atoms with Crippen LogP contribution in [0.25, 0.3) is 0 Å². The summed E-state index contributed by atoms with van der Waals surface area (Å²) in [6.07, 6.45) is 0. The van der Waals surface area contributed by atoms with E-state index in [0.717, 1.165) is 34.3 Å². The number of hydrogen-bond donors (Lipinski definition) is 5. The molecule has 3 aromatic rings. The number of nitrogens with zero attached hydrogens (tertiary/aromatic N) is 1. The van der Waals surface area contributed by atoms with Crippen LogP contribution >= 0.6 is 11.5 Å². The third-order valence-corrected chi connectivity index (χ3v) is 4.75. The maximum atomic E-state index is 10.0. The fourth-order valence-corrected chi connectivity index (χ4v) is 3.26. The quantitative estimate of drug-likeness (QED) is 0.304. The Hall–Kier alpha value is -3.10. The normalized spacial score (nSPS) is 11.7. The van der Waals surface area contributed by atoms with Gasteiger partial charge in [-0.05, 0) is 61.3 Å². The van der Waals surface area contributed by atoms with Gasteiger partial charge in [0.25, 0.3) is 0 Å². The van der Waals surface area contributed by atoms with Crippen molar-refractivity contribution in [3.8, 4) is 17.4 Å². The average molecular weight is 398 g/mol. The van der Waals surface area contributed by atoms with Crippen molar-refractivity contribution in [3.63, 3.8) is 0 Å². The lowest BCUT2D eigenvalue weighted by molar-refractivity contribution is 0.264. The fraction of sp³-hybridized carbons (Fsp3) is 0.200. The molecule has 146 valence electrons. The number of aromatic nitrogens is 1. The molecule has 0 aliphatic rings. The standard InChI is InChI=1S/C20H22N4O3S/c1-12-10-14(8-9-16(12)27-15-6-4-3-5-7-15)23-20-17(19(26)24-28-20)18(21)22-13(2)11-25/h3-10,13,23,25H,11H2,1-2H3,(H2,21,22)(H,24,26). The summed E-state index contributed by atoms with van der Waals surface area (Å²) in [6, 6.07) is 14.9. The molecule has 2 aromatic carbocycles. The van der Waals surface area contributed by atoms with Gasteiger partial charge in [-0.15, -0.1) is 0 Å². The monoisotopic (exact) mass is 398 g/mol. The molecule has 0 saturated carbocycles. The molecular formula is C20H22N4O3S. The Bertz CT molecular complexity index is 959. The molecular weight excluding hydrogens is 376 g/mol. The second-order valence-corrected chi connectivity index (χ2v) is 7.11. The van der Waals surface area contributed by atoms with Crippen LogP contribution in [0.15, 0.2) is 48.5 Å². The van der Waals surface area contributed by atoms with Crippen molar-refractivity contribution in [2.75, 3.05) is 11.9 Å². The second-order valence-electron chi connectivity index (χ2n) is 6.33. The van der Waals surface area contributed by atoms with Crippen LogP contribution in [0.4, 0.5) is 10.7 Å². The highest BCUT2D eigenvalue weighted by atomic mass is 32.1. The molecule has 5 N–H and O–H groups in total. The molecule has 0 saturated heterocycles. The van der Waals surface area contributed by atoms with Gasteiger partial charge in [-0.2, -0.15) is 4.37 Å². The minimum Gasteiger partial charge on any atom is -0.492 e. The Labute approximate surface area is 167 Å². The van der Waals surface area contributed by atoms with Crippen LogP contribution in [0.2, 0.25) is 0 Å². The zero-order chi connectivity index (χ0) is 20.1. The van der Waals surface area contributed by atoms with Crippen LogP contribution in [-0.2, 0) is 0 Å². The number of aliphatic hydroxyl groups excluding tert-OH is 1. The molecule has 1 heterocycles. The number of aryl methyl sites for hydroxylation is 1. The van der Waals surface area contributed by atoms with Crippen molar-refractivity contribution in [3.05, 3.63) is 59.7 Å². The lowest BCUT2D eigenvalue weighted by Gasteiger charge is -2.15. The molecule has 0 aliphatic carbocycles. The molecule has 0 bridgehead atoms. The lowest BCUT2D eigenvalue weighted by atomic mass is 10.2. The molecule has 1 unspecified atom stereocenters. The molecule has 0 fully saturated rings. The van der Waals surface area contributed by atoms with Crippen LogP contribution in [0.5, 0.6) is 17.4 Å². The van der Waals surface area contributed by atoms with Crippen molar-refractivity contribution in [2.45, 2.75) is 19.9 Å². The summed E-state index contributed by atoms with van der Waals surface area (Å²) < 4.78 is 9.82. The number of para-hydroxylation sites is 1. The van der Waals surface area contributed by atoms with Gasteiger partial charge in [0.2, 0.25) is 5.88 Å². The van der Waals surface area contributed by atoms with Crippen LogP contribution < -0.4 is 15.4 Å². The summed E-state index contributed by atoms with van der Waals surface area (Å²) >= 11 is 1.06. The van der Waals surface area contributed by atoms with E-state index in [-0.39, 0.29) is 29.9 Å². The van der Waals surface area contributed by atoms with Crippen molar-refractivity contribution in [1.29, 1.82) is 5.41 Å². The summed E-state index contributed by atoms with van der Waals surface area (Å²) in [7, 11) is 0. The molecule has 1 atom stereocenters. The highest BCUT2D eigenvalue weighted by molar-refractivity contribution is 7.11. The van der Waals surface area contributed by atoms with Gasteiger partial charge < -0.3 is 25.6 Å². The predicted octanol–water partition coefficient (Wildman–Crippen LogP) is 3.99. The van der Waals surface area contributed by atoms with E-state index in [0.29, 0.717) is 5.00 Å². The molecule has 0 radical (unpaired) electrons. The third kappa shape index (κ3) is 4.59. The smallest absolute Gasteiger partial charge is 0.236 e.